The Bertz CT molecular complexity index is 1080. The molecule has 0 aliphatic carbocycles. The zero-order valence-corrected chi connectivity index (χ0v) is 16.4. The van der Waals surface area contributed by atoms with Crippen LogP contribution in [0.1, 0.15) is 53.1 Å². The third kappa shape index (κ3) is 3.10. The second-order valence-corrected chi connectivity index (χ2v) is 7.31. The van der Waals surface area contributed by atoms with Crippen molar-refractivity contribution in [3.8, 4) is 0 Å². The standard InChI is InChI=1S/C22H17N5O4/c28-19-13-5-1-2-6-14(13)20(29)26(19)11-9-17-23-18(25-24-17)10-12-27-21(30)15-7-3-4-8-16(15)22(27)31/h1-8H,9-12H2,(H,23,24,25). The van der Waals surface area contributed by atoms with Crippen LogP contribution >= 0.6 is 0 Å². The quantitative estimate of drug-likeness (QED) is 0.610. The number of hydrogen-bond donors (Lipinski definition) is 1. The van der Waals surface area contributed by atoms with E-state index in [-0.39, 0.29) is 36.7 Å². The number of aromatic nitrogens is 3. The van der Waals surface area contributed by atoms with E-state index in [1.165, 1.54) is 9.80 Å². The summed E-state index contributed by atoms with van der Waals surface area (Å²) < 4.78 is 0. The third-order valence-corrected chi connectivity index (χ3v) is 5.47. The molecule has 4 amide bonds. The van der Waals surface area contributed by atoms with Crippen molar-refractivity contribution in [2.24, 2.45) is 0 Å². The Kier molecular flexibility index (Phi) is 4.43. The molecule has 0 saturated heterocycles. The number of carbonyl (C=O) groups excluding carboxylic acids is 4. The summed E-state index contributed by atoms with van der Waals surface area (Å²) in [7, 11) is 0. The van der Waals surface area contributed by atoms with Gasteiger partial charge in [-0.1, -0.05) is 24.3 Å². The number of imide groups is 2. The molecule has 1 aromatic heterocycles. The number of hydrogen-bond acceptors (Lipinski definition) is 6. The van der Waals surface area contributed by atoms with Crippen molar-refractivity contribution in [3.05, 3.63) is 82.4 Å². The van der Waals surface area contributed by atoms with Crippen LogP contribution in [0.2, 0.25) is 0 Å². The number of amides is 4. The first-order valence-corrected chi connectivity index (χ1v) is 9.85. The molecule has 9 nitrogen and oxygen atoms in total. The van der Waals surface area contributed by atoms with E-state index in [4.69, 9.17) is 0 Å². The molecule has 3 aromatic rings. The van der Waals surface area contributed by atoms with E-state index in [0.29, 0.717) is 46.7 Å². The van der Waals surface area contributed by atoms with Gasteiger partial charge in [-0.25, -0.2) is 4.98 Å². The van der Waals surface area contributed by atoms with Crippen LogP contribution in [0.25, 0.3) is 0 Å². The van der Waals surface area contributed by atoms with Crippen LogP contribution in [-0.4, -0.2) is 61.7 Å². The van der Waals surface area contributed by atoms with E-state index in [2.05, 4.69) is 15.2 Å². The zero-order chi connectivity index (χ0) is 21.5. The van der Waals surface area contributed by atoms with Crippen molar-refractivity contribution >= 4 is 23.6 Å². The Hall–Kier alpha value is -4.14. The summed E-state index contributed by atoms with van der Waals surface area (Å²) in [4.78, 5) is 56.5. The second kappa shape index (κ2) is 7.28. The van der Waals surface area contributed by atoms with Gasteiger partial charge in [-0.15, -0.1) is 0 Å². The maximum Gasteiger partial charge on any atom is 0.261 e. The van der Waals surface area contributed by atoms with Gasteiger partial charge in [0.25, 0.3) is 23.6 Å². The molecule has 0 atom stereocenters. The van der Waals surface area contributed by atoms with E-state index in [1.807, 2.05) is 0 Å². The van der Waals surface area contributed by atoms with Crippen LogP contribution in [0.5, 0.6) is 0 Å². The summed E-state index contributed by atoms with van der Waals surface area (Å²) >= 11 is 0. The lowest BCUT2D eigenvalue weighted by Gasteiger charge is -2.12. The average Bonchev–Trinajstić information content (AvgIpc) is 3.42. The first kappa shape index (κ1) is 18.9. The maximum absolute atomic E-state index is 12.4. The van der Waals surface area contributed by atoms with Crippen molar-refractivity contribution in [1.29, 1.82) is 0 Å². The van der Waals surface area contributed by atoms with Gasteiger partial charge >= 0.3 is 0 Å². The number of benzene rings is 2. The number of carbonyl (C=O) groups is 4. The van der Waals surface area contributed by atoms with Crippen LogP contribution in [0.4, 0.5) is 0 Å². The Morgan fingerprint density at radius 3 is 1.52 bits per heavy atom. The van der Waals surface area contributed by atoms with Crippen LogP contribution in [0, 0.1) is 0 Å². The van der Waals surface area contributed by atoms with Crippen molar-refractivity contribution in [1.82, 2.24) is 25.0 Å². The van der Waals surface area contributed by atoms with Crippen LogP contribution in [0.3, 0.4) is 0 Å². The van der Waals surface area contributed by atoms with Crippen molar-refractivity contribution in [3.63, 3.8) is 0 Å². The van der Waals surface area contributed by atoms with Crippen LogP contribution in [-0.2, 0) is 12.8 Å². The van der Waals surface area contributed by atoms with Crippen molar-refractivity contribution in [2.45, 2.75) is 12.8 Å². The normalized spacial score (nSPS) is 15.1. The molecule has 0 fully saturated rings. The van der Waals surface area contributed by atoms with E-state index in [0.717, 1.165) is 0 Å². The molecule has 0 unspecified atom stereocenters. The van der Waals surface area contributed by atoms with Crippen LogP contribution < -0.4 is 0 Å². The molecule has 0 bridgehead atoms. The number of aromatic amines is 1. The van der Waals surface area contributed by atoms with Gasteiger partial charge in [0.05, 0.1) is 22.3 Å². The Balaban J connectivity index is 1.19. The predicted molar refractivity (Wildman–Crippen MR) is 107 cm³/mol. The van der Waals surface area contributed by atoms with E-state index < -0.39 is 0 Å². The number of nitrogens with zero attached hydrogens (tertiary/aromatic N) is 4. The van der Waals surface area contributed by atoms with Gasteiger partial charge in [-0.2, -0.15) is 5.10 Å². The predicted octanol–water partition coefficient (Wildman–Crippen LogP) is 1.48. The van der Waals surface area contributed by atoms with E-state index in [9.17, 15) is 19.2 Å². The van der Waals surface area contributed by atoms with Crippen LogP contribution in [0.15, 0.2) is 48.5 Å². The highest BCUT2D eigenvalue weighted by atomic mass is 16.2. The van der Waals surface area contributed by atoms with Gasteiger partial charge < -0.3 is 0 Å². The number of nitrogens with one attached hydrogen (secondary N) is 1. The molecule has 0 radical (unpaired) electrons. The monoisotopic (exact) mass is 415 g/mol. The third-order valence-electron chi connectivity index (χ3n) is 5.47. The zero-order valence-electron chi connectivity index (χ0n) is 16.4. The van der Waals surface area contributed by atoms with Gasteiger partial charge in [0.15, 0.2) is 5.82 Å². The molecular formula is C22H17N5O4. The Labute approximate surface area is 176 Å². The largest absolute Gasteiger partial charge is 0.274 e. The summed E-state index contributed by atoms with van der Waals surface area (Å²) in [6, 6.07) is 13.5. The fraction of sp³-hybridized carbons (Fsp3) is 0.182. The molecule has 9 heteroatoms. The minimum atomic E-state index is -0.318. The van der Waals surface area contributed by atoms with Gasteiger partial charge in [-0.3, -0.25) is 34.1 Å². The fourth-order valence-corrected chi connectivity index (χ4v) is 3.87. The molecule has 154 valence electrons. The Morgan fingerprint density at radius 1 is 0.645 bits per heavy atom. The SMILES string of the molecule is O=C1c2ccccc2C(=O)N1CCc1n[nH]c(CCN2C(=O)c3ccccc3C2=O)n1. The highest BCUT2D eigenvalue weighted by molar-refractivity contribution is 6.22. The molecule has 31 heavy (non-hydrogen) atoms. The first-order valence-electron chi connectivity index (χ1n) is 9.85. The molecule has 1 N–H and O–H groups in total. The topological polar surface area (TPSA) is 116 Å². The molecule has 0 saturated carbocycles. The molecule has 3 heterocycles. The van der Waals surface area contributed by atoms with Crippen molar-refractivity contribution < 1.29 is 19.2 Å². The summed E-state index contributed by atoms with van der Waals surface area (Å²) in [5.41, 5.74) is 1.63. The molecule has 2 aliphatic rings. The minimum Gasteiger partial charge on any atom is -0.274 e. The fourth-order valence-electron chi connectivity index (χ4n) is 3.87. The summed E-state index contributed by atoms with van der Waals surface area (Å²) in [5.74, 6) is -0.288. The summed E-state index contributed by atoms with van der Waals surface area (Å²) in [5, 5.41) is 6.92. The lowest BCUT2D eigenvalue weighted by Crippen LogP contribution is -2.32. The second-order valence-electron chi connectivity index (χ2n) is 7.31. The van der Waals surface area contributed by atoms with Gasteiger partial charge in [-0.05, 0) is 24.3 Å². The van der Waals surface area contributed by atoms with Gasteiger partial charge in [0.2, 0.25) is 0 Å². The minimum absolute atomic E-state index is 0.169. The lowest BCUT2D eigenvalue weighted by atomic mass is 10.1. The van der Waals surface area contributed by atoms with Gasteiger partial charge in [0, 0.05) is 25.9 Å². The average molecular weight is 415 g/mol. The Morgan fingerprint density at radius 2 is 1.06 bits per heavy atom. The van der Waals surface area contributed by atoms with E-state index >= 15 is 0 Å². The number of rotatable bonds is 6. The lowest BCUT2D eigenvalue weighted by molar-refractivity contribution is 0.0640. The molecule has 0 spiro atoms. The highest BCUT2D eigenvalue weighted by Gasteiger charge is 2.36. The van der Waals surface area contributed by atoms with Gasteiger partial charge in [0.1, 0.15) is 5.82 Å². The van der Waals surface area contributed by atoms with E-state index in [1.54, 1.807) is 48.5 Å². The number of fused-ring (bicyclic) bond motifs is 2. The first-order chi connectivity index (χ1) is 15.0. The highest BCUT2D eigenvalue weighted by Crippen LogP contribution is 2.23. The summed E-state index contributed by atoms with van der Waals surface area (Å²) in [6.45, 7) is 0.349. The number of H-pyrrole nitrogens is 1. The summed E-state index contributed by atoms with van der Waals surface area (Å²) in [6.07, 6.45) is 0.625. The van der Waals surface area contributed by atoms with Crippen molar-refractivity contribution in [2.75, 3.05) is 13.1 Å². The smallest absolute Gasteiger partial charge is 0.261 e. The maximum atomic E-state index is 12.4. The molecule has 5 rings (SSSR count). The molecule has 2 aromatic carbocycles. The molecule has 2 aliphatic heterocycles. The molecular weight excluding hydrogens is 398 g/mol.